The number of hydrogen-bond acceptors (Lipinski definition) is 3. The average Bonchev–Trinajstić information content (AvgIpc) is 3.50. The summed E-state index contributed by atoms with van der Waals surface area (Å²) >= 11 is 0. The first kappa shape index (κ1) is 22.9. The fourth-order valence-electron chi connectivity index (χ4n) is 6.29. The molecular weight excluding hydrogens is 488 g/mol. The number of nitrogens with zero attached hydrogens (tertiary/aromatic N) is 2. The van der Waals surface area contributed by atoms with Crippen molar-refractivity contribution in [2.24, 2.45) is 0 Å². The number of rotatable bonds is 3. The molecule has 3 heteroatoms. The van der Waals surface area contributed by atoms with Crippen LogP contribution in [-0.4, -0.2) is 9.97 Å². The van der Waals surface area contributed by atoms with Gasteiger partial charge in [-0.1, -0.05) is 111 Å². The van der Waals surface area contributed by atoms with Gasteiger partial charge in [-0.25, -0.2) is 9.97 Å². The highest BCUT2D eigenvalue weighted by Gasteiger charge is 2.37. The summed E-state index contributed by atoms with van der Waals surface area (Å²) in [6.07, 6.45) is 0. The van der Waals surface area contributed by atoms with Gasteiger partial charge in [-0.15, -0.1) is 0 Å². The van der Waals surface area contributed by atoms with E-state index in [-0.39, 0.29) is 5.41 Å². The molecule has 0 bridgehead atoms. The molecule has 2 heterocycles. The van der Waals surface area contributed by atoms with Gasteiger partial charge < -0.3 is 4.42 Å². The van der Waals surface area contributed by atoms with Gasteiger partial charge in [0.2, 0.25) is 0 Å². The second-order valence-electron chi connectivity index (χ2n) is 11.0. The highest BCUT2D eigenvalue weighted by atomic mass is 16.3. The minimum Gasteiger partial charge on any atom is -0.456 e. The third-order valence-electron chi connectivity index (χ3n) is 8.30. The van der Waals surface area contributed by atoms with E-state index in [1.54, 1.807) is 0 Å². The lowest BCUT2D eigenvalue weighted by Gasteiger charge is -2.21. The molecule has 3 nitrogen and oxygen atoms in total. The molecule has 0 unspecified atom stereocenters. The van der Waals surface area contributed by atoms with Crippen LogP contribution in [0.2, 0.25) is 0 Å². The smallest absolute Gasteiger partial charge is 0.160 e. The maximum atomic E-state index is 6.28. The first-order valence-electron chi connectivity index (χ1n) is 13.7. The third-order valence-corrected chi connectivity index (χ3v) is 8.30. The Morgan fingerprint density at radius 3 is 1.88 bits per heavy atom. The lowest BCUT2D eigenvalue weighted by atomic mass is 9.82. The van der Waals surface area contributed by atoms with E-state index in [2.05, 4.69) is 86.6 Å². The van der Waals surface area contributed by atoms with E-state index in [1.165, 1.54) is 27.6 Å². The zero-order valence-electron chi connectivity index (χ0n) is 22.3. The monoisotopic (exact) mass is 514 g/mol. The number of furan rings is 1. The number of aromatic nitrogens is 2. The van der Waals surface area contributed by atoms with Crippen LogP contribution in [0.25, 0.3) is 67.0 Å². The molecule has 0 N–H and O–H groups in total. The SMILES string of the molecule is CC1(C)c2ccc(-c3nc(-c4ccccc4)cc(-c4ccccc4)n3)cc2-c2c1ccc1oc3ccccc3c21. The van der Waals surface area contributed by atoms with Crippen molar-refractivity contribution in [1.82, 2.24) is 9.97 Å². The Bertz CT molecular complexity index is 2010. The van der Waals surface area contributed by atoms with Gasteiger partial charge in [-0.2, -0.15) is 0 Å². The molecule has 0 atom stereocenters. The van der Waals surface area contributed by atoms with Gasteiger partial charge in [0.1, 0.15) is 11.2 Å². The molecule has 5 aromatic carbocycles. The maximum absolute atomic E-state index is 6.28. The normalized spacial score (nSPS) is 13.4. The molecule has 8 rings (SSSR count). The molecular formula is C37H26N2O. The third kappa shape index (κ3) is 3.37. The van der Waals surface area contributed by atoms with Gasteiger partial charge >= 0.3 is 0 Å². The number of benzene rings is 5. The summed E-state index contributed by atoms with van der Waals surface area (Å²) < 4.78 is 6.28. The quantitative estimate of drug-likeness (QED) is 0.236. The first-order chi connectivity index (χ1) is 19.6. The molecule has 0 saturated heterocycles. The van der Waals surface area contributed by atoms with Crippen molar-refractivity contribution in [2.75, 3.05) is 0 Å². The lowest BCUT2D eigenvalue weighted by Crippen LogP contribution is -2.14. The predicted octanol–water partition coefficient (Wildman–Crippen LogP) is 9.68. The van der Waals surface area contributed by atoms with E-state index in [0.29, 0.717) is 0 Å². The van der Waals surface area contributed by atoms with Crippen LogP contribution in [0, 0.1) is 0 Å². The molecule has 40 heavy (non-hydrogen) atoms. The van der Waals surface area contributed by atoms with Crippen LogP contribution in [0.3, 0.4) is 0 Å². The lowest BCUT2D eigenvalue weighted by molar-refractivity contribution is 0.656. The van der Waals surface area contributed by atoms with Crippen LogP contribution in [-0.2, 0) is 5.41 Å². The Morgan fingerprint density at radius 1 is 0.550 bits per heavy atom. The van der Waals surface area contributed by atoms with Crippen molar-refractivity contribution >= 4 is 21.9 Å². The summed E-state index contributed by atoms with van der Waals surface area (Å²) in [6.45, 7) is 4.62. The fourth-order valence-corrected chi connectivity index (χ4v) is 6.29. The van der Waals surface area contributed by atoms with E-state index in [0.717, 1.165) is 50.5 Å². The van der Waals surface area contributed by atoms with Gasteiger partial charge in [0.25, 0.3) is 0 Å². The van der Waals surface area contributed by atoms with Crippen LogP contribution in [0.1, 0.15) is 25.0 Å². The Hall–Kier alpha value is -5.02. The second-order valence-corrected chi connectivity index (χ2v) is 11.0. The molecule has 1 aliphatic rings. The standard InChI is InChI=1S/C37H26N2O/c1-37(2)28-18-17-25(21-27(28)34-29(37)19-20-33-35(34)26-15-9-10-16-32(26)40-33)36-38-30(23-11-5-3-6-12-23)22-31(39-36)24-13-7-4-8-14-24/h3-22H,1-2H3. The summed E-state index contributed by atoms with van der Waals surface area (Å²) in [7, 11) is 0. The summed E-state index contributed by atoms with van der Waals surface area (Å²) in [4.78, 5) is 10.2. The Morgan fingerprint density at radius 2 is 1.18 bits per heavy atom. The van der Waals surface area contributed by atoms with Crippen molar-refractivity contribution in [3.05, 3.63) is 132 Å². The van der Waals surface area contributed by atoms with Crippen LogP contribution in [0.4, 0.5) is 0 Å². The first-order valence-corrected chi connectivity index (χ1v) is 13.7. The molecule has 1 aliphatic carbocycles. The number of para-hydroxylation sites is 1. The van der Waals surface area contributed by atoms with E-state index < -0.39 is 0 Å². The molecule has 0 fully saturated rings. The van der Waals surface area contributed by atoms with Crippen molar-refractivity contribution in [1.29, 1.82) is 0 Å². The van der Waals surface area contributed by atoms with E-state index in [4.69, 9.17) is 14.4 Å². The molecule has 0 radical (unpaired) electrons. The van der Waals surface area contributed by atoms with Crippen molar-refractivity contribution in [3.8, 4) is 45.0 Å². The predicted molar refractivity (Wildman–Crippen MR) is 163 cm³/mol. The molecule has 0 spiro atoms. The van der Waals surface area contributed by atoms with Crippen molar-refractivity contribution in [3.63, 3.8) is 0 Å². The molecule has 7 aromatic rings. The fraction of sp³-hybridized carbons (Fsp3) is 0.0811. The minimum atomic E-state index is -0.127. The summed E-state index contributed by atoms with van der Waals surface area (Å²) in [5, 5.41) is 2.33. The Kier molecular flexibility index (Phi) is 4.86. The van der Waals surface area contributed by atoms with Crippen LogP contribution in [0.15, 0.2) is 126 Å². The Labute approximate surface area is 232 Å². The number of fused-ring (bicyclic) bond motifs is 7. The molecule has 0 amide bonds. The average molecular weight is 515 g/mol. The van der Waals surface area contributed by atoms with Gasteiger partial charge in [-0.3, -0.25) is 0 Å². The largest absolute Gasteiger partial charge is 0.456 e. The topological polar surface area (TPSA) is 38.9 Å². The van der Waals surface area contributed by atoms with Crippen LogP contribution < -0.4 is 0 Å². The van der Waals surface area contributed by atoms with Gasteiger partial charge in [0, 0.05) is 32.9 Å². The maximum Gasteiger partial charge on any atom is 0.160 e. The van der Waals surface area contributed by atoms with E-state index in [1.807, 2.05) is 48.5 Å². The van der Waals surface area contributed by atoms with Gasteiger partial charge in [0.05, 0.1) is 11.4 Å². The van der Waals surface area contributed by atoms with Gasteiger partial charge in [-0.05, 0) is 46.5 Å². The van der Waals surface area contributed by atoms with Crippen molar-refractivity contribution in [2.45, 2.75) is 19.3 Å². The zero-order valence-corrected chi connectivity index (χ0v) is 22.3. The summed E-state index contributed by atoms with van der Waals surface area (Å²) in [5.74, 6) is 0.721. The Balaban J connectivity index is 1.38. The van der Waals surface area contributed by atoms with Crippen molar-refractivity contribution < 1.29 is 4.42 Å². The molecule has 2 aromatic heterocycles. The minimum absolute atomic E-state index is 0.127. The van der Waals surface area contributed by atoms with E-state index in [9.17, 15) is 0 Å². The summed E-state index contributed by atoms with van der Waals surface area (Å²) in [5.41, 5.74) is 11.8. The molecule has 0 aliphatic heterocycles. The summed E-state index contributed by atoms with van der Waals surface area (Å²) in [6, 6.07) is 42.2. The number of hydrogen-bond donors (Lipinski definition) is 0. The highest BCUT2D eigenvalue weighted by molar-refractivity contribution is 6.15. The molecule has 190 valence electrons. The zero-order chi connectivity index (χ0) is 26.8. The van der Waals surface area contributed by atoms with Gasteiger partial charge in [0.15, 0.2) is 5.82 Å². The highest BCUT2D eigenvalue weighted by Crippen LogP contribution is 2.53. The van der Waals surface area contributed by atoms with Crippen LogP contribution in [0.5, 0.6) is 0 Å². The van der Waals surface area contributed by atoms with E-state index >= 15 is 0 Å². The van der Waals surface area contributed by atoms with Crippen LogP contribution >= 0.6 is 0 Å². The second kappa shape index (κ2) is 8.49. The molecule has 0 saturated carbocycles.